The minimum Gasteiger partial charge on any atom is -0.495 e. The number of methoxy groups -OCH3 is 1. The first-order valence-electron chi connectivity index (χ1n) is 7.65. The van der Waals surface area contributed by atoms with E-state index in [9.17, 15) is 0 Å². The molecule has 0 aliphatic rings. The Morgan fingerprint density at radius 1 is 1.24 bits per heavy atom. The van der Waals surface area contributed by atoms with E-state index in [4.69, 9.17) is 9.26 Å². The fourth-order valence-corrected chi connectivity index (χ4v) is 3.53. The molecule has 0 aliphatic heterocycles. The van der Waals surface area contributed by atoms with Crippen LogP contribution < -0.4 is 10.1 Å². The van der Waals surface area contributed by atoms with Crippen molar-refractivity contribution in [1.29, 1.82) is 0 Å². The van der Waals surface area contributed by atoms with Gasteiger partial charge >= 0.3 is 0 Å². The summed E-state index contributed by atoms with van der Waals surface area (Å²) in [4.78, 5) is 4.42. The fourth-order valence-electron chi connectivity index (χ4n) is 1.92. The standard InChI is InChI=1S/C16H19N5O2S2/c1-16(2,3)13-18-12(23-21-13)9-24-15-20-19-14(25-15)17-10-7-5-6-8-11(10)22-4/h5-8H,9H2,1-4H3,(H,17,19). The average molecular weight is 377 g/mol. The smallest absolute Gasteiger partial charge is 0.237 e. The maximum Gasteiger partial charge on any atom is 0.237 e. The Morgan fingerprint density at radius 2 is 2.04 bits per heavy atom. The van der Waals surface area contributed by atoms with Crippen molar-refractivity contribution in [3.05, 3.63) is 36.0 Å². The van der Waals surface area contributed by atoms with Crippen molar-refractivity contribution in [3.63, 3.8) is 0 Å². The summed E-state index contributed by atoms with van der Waals surface area (Å²) >= 11 is 2.98. The van der Waals surface area contributed by atoms with Gasteiger partial charge in [0.2, 0.25) is 11.0 Å². The van der Waals surface area contributed by atoms with Gasteiger partial charge in [-0.25, -0.2) is 0 Å². The van der Waals surface area contributed by atoms with E-state index in [0.717, 1.165) is 15.8 Å². The van der Waals surface area contributed by atoms with Crippen LogP contribution in [-0.4, -0.2) is 27.4 Å². The van der Waals surface area contributed by atoms with Crippen molar-refractivity contribution < 1.29 is 9.26 Å². The lowest BCUT2D eigenvalue weighted by Crippen LogP contribution is -2.13. The Hall–Kier alpha value is -2.13. The van der Waals surface area contributed by atoms with Gasteiger partial charge in [-0.3, -0.25) is 0 Å². The highest BCUT2D eigenvalue weighted by Crippen LogP contribution is 2.32. The van der Waals surface area contributed by atoms with Crippen LogP contribution in [0.1, 0.15) is 32.5 Å². The number of nitrogens with one attached hydrogen (secondary N) is 1. The first-order valence-corrected chi connectivity index (χ1v) is 9.45. The van der Waals surface area contributed by atoms with E-state index in [-0.39, 0.29) is 5.41 Å². The Bertz CT molecular complexity index is 841. The molecule has 0 radical (unpaired) electrons. The minimum absolute atomic E-state index is 0.124. The molecule has 0 unspecified atom stereocenters. The van der Waals surface area contributed by atoms with Crippen LogP contribution in [0.5, 0.6) is 5.75 Å². The molecule has 0 bridgehead atoms. The molecule has 2 aromatic heterocycles. The molecule has 9 heteroatoms. The van der Waals surface area contributed by atoms with Crippen molar-refractivity contribution in [3.8, 4) is 5.75 Å². The molecular weight excluding hydrogens is 358 g/mol. The van der Waals surface area contributed by atoms with E-state index in [0.29, 0.717) is 22.6 Å². The molecule has 7 nitrogen and oxygen atoms in total. The van der Waals surface area contributed by atoms with E-state index in [1.54, 1.807) is 7.11 Å². The predicted octanol–water partition coefficient (Wildman–Crippen LogP) is 4.26. The number of ether oxygens (including phenoxy) is 1. The number of hydrogen-bond donors (Lipinski definition) is 1. The van der Waals surface area contributed by atoms with E-state index < -0.39 is 0 Å². The van der Waals surface area contributed by atoms with Crippen LogP contribution in [0.15, 0.2) is 33.1 Å². The van der Waals surface area contributed by atoms with E-state index in [1.807, 2.05) is 24.3 Å². The van der Waals surface area contributed by atoms with Gasteiger partial charge in [0.15, 0.2) is 10.2 Å². The molecule has 0 fully saturated rings. The summed E-state index contributed by atoms with van der Waals surface area (Å²) in [6.07, 6.45) is 0. The summed E-state index contributed by atoms with van der Waals surface area (Å²) in [5.74, 6) is 2.61. The van der Waals surface area contributed by atoms with E-state index in [1.165, 1.54) is 23.1 Å². The van der Waals surface area contributed by atoms with Gasteiger partial charge in [-0.1, -0.05) is 61.2 Å². The van der Waals surface area contributed by atoms with Crippen molar-refractivity contribution in [2.24, 2.45) is 0 Å². The highest BCUT2D eigenvalue weighted by molar-refractivity contribution is 8.00. The van der Waals surface area contributed by atoms with Crippen LogP contribution in [0.4, 0.5) is 10.8 Å². The lowest BCUT2D eigenvalue weighted by Gasteiger charge is -2.10. The van der Waals surface area contributed by atoms with Crippen LogP contribution in [0.2, 0.25) is 0 Å². The lowest BCUT2D eigenvalue weighted by atomic mass is 9.96. The van der Waals surface area contributed by atoms with Gasteiger partial charge in [0.25, 0.3) is 0 Å². The number of nitrogens with zero attached hydrogens (tertiary/aromatic N) is 4. The summed E-state index contributed by atoms with van der Waals surface area (Å²) in [5.41, 5.74) is 0.727. The molecule has 2 heterocycles. The van der Waals surface area contributed by atoms with E-state index in [2.05, 4.69) is 46.4 Å². The molecule has 0 amide bonds. The molecule has 132 valence electrons. The number of hydrogen-bond acceptors (Lipinski definition) is 9. The van der Waals surface area contributed by atoms with Crippen molar-refractivity contribution in [1.82, 2.24) is 20.3 Å². The van der Waals surface area contributed by atoms with Gasteiger partial charge < -0.3 is 14.6 Å². The number of rotatable bonds is 6. The second-order valence-electron chi connectivity index (χ2n) is 6.25. The maximum atomic E-state index is 5.32. The molecule has 25 heavy (non-hydrogen) atoms. The summed E-state index contributed by atoms with van der Waals surface area (Å²) < 4.78 is 11.4. The van der Waals surface area contributed by atoms with E-state index >= 15 is 0 Å². The molecule has 0 atom stereocenters. The highest BCUT2D eigenvalue weighted by Gasteiger charge is 2.21. The molecule has 0 spiro atoms. The van der Waals surface area contributed by atoms with Gasteiger partial charge in [0.05, 0.1) is 18.6 Å². The molecule has 0 saturated carbocycles. The summed E-state index contributed by atoms with van der Waals surface area (Å²) in [6.45, 7) is 6.15. The quantitative estimate of drug-likeness (QED) is 0.638. The zero-order valence-corrected chi connectivity index (χ0v) is 16.1. The number of aromatic nitrogens is 4. The monoisotopic (exact) mass is 377 g/mol. The number of para-hydroxylation sites is 2. The van der Waals surface area contributed by atoms with Crippen molar-refractivity contribution in [2.75, 3.05) is 12.4 Å². The molecule has 3 rings (SSSR count). The Kier molecular flexibility index (Phi) is 5.24. The van der Waals surface area contributed by atoms with Gasteiger partial charge in [0.1, 0.15) is 5.75 Å². The second kappa shape index (κ2) is 7.40. The maximum absolute atomic E-state index is 5.32. The summed E-state index contributed by atoms with van der Waals surface area (Å²) in [6, 6.07) is 7.67. The molecule has 1 N–H and O–H groups in total. The van der Waals surface area contributed by atoms with Gasteiger partial charge in [0, 0.05) is 5.41 Å². The molecule has 0 aliphatic carbocycles. The van der Waals surface area contributed by atoms with Crippen LogP contribution >= 0.6 is 23.1 Å². The zero-order chi connectivity index (χ0) is 17.9. The molecular formula is C16H19N5O2S2. The van der Waals surface area contributed by atoms with Crippen molar-refractivity contribution >= 4 is 33.9 Å². The van der Waals surface area contributed by atoms with Crippen molar-refractivity contribution in [2.45, 2.75) is 36.3 Å². The van der Waals surface area contributed by atoms with Crippen LogP contribution in [0, 0.1) is 0 Å². The van der Waals surface area contributed by atoms with Gasteiger partial charge in [-0.05, 0) is 12.1 Å². The van der Waals surface area contributed by atoms with Gasteiger partial charge in [-0.15, -0.1) is 10.2 Å². The van der Waals surface area contributed by atoms with Gasteiger partial charge in [-0.2, -0.15) is 4.98 Å². The Morgan fingerprint density at radius 3 is 2.76 bits per heavy atom. The van der Waals surface area contributed by atoms with Crippen LogP contribution in [0.3, 0.4) is 0 Å². The third kappa shape index (κ3) is 4.49. The third-order valence-corrected chi connectivity index (χ3v) is 5.17. The minimum atomic E-state index is -0.124. The predicted molar refractivity (Wildman–Crippen MR) is 98.7 cm³/mol. The molecule has 1 aromatic carbocycles. The first kappa shape index (κ1) is 17.7. The number of thioether (sulfide) groups is 1. The average Bonchev–Trinajstić information content (AvgIpc) is 3.22. The normalized spacial score (nSPS) is 11.5. The molecule has 0 saturated heterocycles. The summed E-state index contributed by atoms with van der Waals surface area (Å²) in [7, 11) is 1.64. The Labute approximate surface area is 154 Å². The summed E-state index contributed by atoms with van der Waals surface area (Å²) in [5, 5.41) is 16.3. The number of benzene rings is 1. The second-order valence-corrected chi connectivity index (χ2v) is 8.45. The van der Waals surface area contributed by atoms with Crippen LogP contribution in [-0.2, 0) is 11.2 Å². The Balaban J connectivity index is 1.61. The SMILES string of the molecule is COc1ccccc1Nc1nnc(SCc2nc(C(C)(C)C)no2)s1. The van der Waals surface area contributed by atoms with Crippen LogP contribution in [0.25, 0.3) is 0 Å². The zero-order valence-electron chi connectivity index (χ0n) is 14.4. The topological polar surface area (TPSA) is 86.0 Å². The lowest BCUT2D eigenvalue weighted by molar-refractivity contribution is 0.373. The highest BCUT2D eigenvalue weighted by atomic mass is 32.2. The number of anilines is 2. The molecule has 3 aromatic rings. The first-order chi connectivity index (χ1) is 12.0. The fraction of sp³-hybridized carbons (Fsp3) is 0.375. The largest absolute Gasteiger partial charge is 0.495 e. The third-order valence-electron chi connectivity index (χ3n) is 3.21.